The molecule has 0 aliphatic rings. The van der Waals surface area contributed by atoms with E-state index in [2.05, 4.69) is 41.6 Å². The van der Waals surface area contributed by atoms with Crippen molar-refractivity contribution in [3.63, 3.8) is 0 Å². The molecule has 0 aliphatic heterocycles. The van der Waals surface area contributed by atoms with Gasteiger partial charge in [-0.3, -0.25) is 4.79 Å². The van der Waals surface area contributed by atoms with E-state index in [-0.39, 0.29) is 5.78 Å². The van der Waals surface area contributed by atoms with Crippen LogP contribution in [0.25, 0.3) is 0 Å². The highest BCUT2D eigenvalue weighted by Crippen LogP contribution is 2.14. The van der Waals surface area contributed by atoms with Crippen LogP contribution in [0.5, 0.6) is 0 Å². The fourth-order valence-electron chi connectivity index (χ4n) is 1.97. The zero-order chi connectivity index (χ0) is 13.7. The largest absolute Gasteiger partial charge is 0.289 e. The molecule has 0 fully saturated rings. The number of hydrogen-bond donors (Lipinski definition) is 0. The van der Waals surface area contributed by atoms with E-state index in [1.54, 1.807) is 0 Å². The predicted molar refractivity (Wildman–Crippen MR) is 87.6 cm³/mol. The van der Waals surface area contributed by atoms with Crippen LogP contribution in [0.3, 0.4) is 0 Å². The normalized spacial score (nSPS) is 10.4. The van der Waals surface area contributed by atoms with E-state index >= 15 is 0 Å². The van der Waals surface area contributed by atoms with Crippen LogP contribution in [0.1, 0.15) is 41.3 Å². The Labute approximate surface area is 128 Å². The molecule has 1 nitrogen and oxygen atoms in total. The van der Waals surface area contributed by atoms with Crippen LogP contribution < -0.4 is 0 Å². The van der Waals surface area contributed by atoms with Gasteiger partial charge in [0.25, 0.3) is 0 Å². The predicted octanol–water partition coefficient (Wildman–Crippen LogP) is 4.86. The molecule has 2 aromatic carbocycles. The molecule has 0 heterocycles. The minimum absolute atomic E-state index is 0.0958. The van der Waals surface area contributed by atoms with Crippen molar-refractivity contribution in [3.8, 4) is 0 Å². The first-order valence-corrected chi connectivity index (χ1v) is 7.68. The molecule has 0 unspecified atom stereocenters. The molecule has 0 aliphatic carbocycles. The summed E-state index contributed by atoms with van der Waals surface area (Å²) in [5.41, 5.74) is 2.82. The lowest BCUT2D eigenvalue weighted by atomic mass is 10.0. The highest BCUT2D eigenvalue weighted by atomic mass is 127. The maximum absolute atomic E-state index is 12.3. The molecule has 19 heavy (non-hydrogen) atoms. The topological polar surface area (TPSA) is 17.1 Å². The van der Waals surface area contributed by atoms with Crippen LogP contribution in [0.4, 0.5) is 0 Å². The fourth-order valence-corrected chi connectivity index (χ4v) is 2.33. The number of aryl methyl sites for hydroxylation is 1. The monoisotopic (exact) mass is 364 g/mol. The molecule has 2 aromatic rings. The van der Waals surface area contributed by atoms with Crippen LogP contribution in [-0.2, 0) is 6.42 Å². The van der Waals surface area contributed by atoms with Crippen LogP contribution >= 0.6 is 22.6 Å². The van der Waals surface area contributed by atoms with Gasteiger partial charge in [0.05, 0.1) is 0 Å². The molecule has 0 saturated heterocycles. The fraction of sp³-hybridized carbons (Fsp3) is 0.235. The van der Waals surface area contributed by atoms with Crippen molar-refractivity contribution >= 4 is 28.4 Å². The van der Waals surface area contributed by atoms with Crippen molar-refractivity contribution in [2.45, 2.75) is 26.2 Å². The second-order valence-corrected chi connectivity index (χ2v) is 5.88. The van der Waals surface area contributed by atoms with Gasteiger partial charge in [0.1, 0.15) is 0 Å². The van der Waals surface area contributed by atoms with Gasteiger partial charge in [-0.15, -0.1) is 0 Å². The molecule has 0 radical (unpaired) electrons. The Bertz CT molecular complexity index is 540. The Hall–Kier alpha value is -1.16. The Morgan fingerprint density at radius 1 is 0.947 bits per heavy atom. The molecule has 0 N–H and O–H groups in total. The number of unbranched alkanes of at least 4 members (excludes halogenated alkanes) is 1. The molecule has 0 bridgehead atoms. The Balaban J connectivity index is 2.13. The molecular formula is C17H17IO. The first-order chi connectivity index (χ1) is 9.20. The second kappa shape index (κ2) is 6.85. The summed E-state index contributed by atoms with van der Waals surface area (Å²) in [6.07, 6.45) is 3.49. The average Bonchev–Trinajstić information content (AvgIpc) is 2.46. The quantitative estimate of drug-likeness (QED) is 0.547. The molecule has 0 spiro atoms. The summed E-state index contributed by atoms with van der Waals surface area (Å²) in [5.74, 6) is 0.0958. The summed E-state index contributed by atoms with van der Waals surface area (Å²) in [6.45, 7) is 2.19. The highest BCUT2D eigenvalue weighted by Gasteiger charge is 2.08. The zero-order valence-corrected chi connectivity index (χ0v) is 13.2. The van der Waals surface area contributed by atoms with E-state index in [1.807, 2.05) is 36.4 Å². The Kier molecular flexibility index (Phi) is 5.14. The summed E-state index contributed by atoms with van der Waals surface area (Å²) in [5, 5.41) is 0. The molecular weight excluding hydrogens is 347 g/mol. The number of rotatable bonds is 5. The lowest BCUT2D eigenvalue weighted by molar-refractivity contribution is 0.103. The van der Waals surface area contributed by atoms with Crippen molar-refractivity contribution in [1.82, 2.24) is 0 Å². The van der Waals surface area contributed by atoms with Crippen molar-refractivity contribution in [3.05, 3.63) is 68.8 Å². The third-order valence-corrected chi connectivity index (χ3v) is 3.86. The third kappa shape index (κ3) is 3.90. The highest BCUT2D eigenvalue weighted by molar-refractivity contribution is 14.1. The Morgan fingerprint density at radius 2 is 1.47 bits per heavy atom. The molecule has 0 saturated carbocycles. The minimum Gasteiger partial charge on any atom is -0.289 e. The third-order valence-electron chi connectivity index (χ3n) is 3.14. The maximum atomic E-state index is 12.3. The van der Waals surface area contributed by atoms with Crippen molar-refractivity contribution in [2.24, 2.45) is 0 Å². The van der Waals surface area contributed by atoms with Gasteiger partial charge < -0.3 is 0 Å². The average molecular weight is 364 g/mol. The first-order valence-electron chi connectivity index (χ1n) is 6.60. The second-order valence-electron chi connectivity index (χ2n) is 4.64. The summed E-state index contributed by atoms with van der Waals surface area (Å²) in [6, 6.07) is 15.7. The lowest BCUT2D eigenvalue weighted by Crippen LogP contribution is -2.01. The van der Waals surface area contributed by atoms with Gasteiger partial charge in [0.2, 0.25) is 0 Å². The van der Waals surface area contributed by atoms with Gasteiger partial charge in [0.15, 0.2) is 5.78 Å². The lowest BCUT2D eigenvalue weighted by Gasteiger charge is -2.04. The number of carbonyl (C=O) groups excluding carboxylic acids is 1. The first kappa shape index (κ1) is 14.3. The summed E-state index contributed by atoms with van der Waals surface area (Å²) in [7, 11) is 0. The SMILES string of the molecule is CCCCc1ccc(C(=O)c2ccc(I)cc2)cc1. The van der Waals surface area contributed by atoms with Gasteiger partial charge in [-0.1, -0.05) is 37.6 Å². The number of carbonyl (C=O) groups is 1. The number of halogens is 1. The molecule has 2 heteroatoms. The van der Waals surface area contributed by atoms with Gasteiger partial charge in [-0.05, 0) is 65.3 Å². The van der Waals surface area contributed by atoms with Crippen molar-refractivity contribution < 1.29 is 4.79 Å². The number of hydrogen-bond acceptors (Lipinski definition) is 1. The number of benzene rings is 2. The van der Waals surface area contributed by atoms with Crippen LogP contribution in [0.15, 0.2) is 48.5 Å². The van der Waals surface area contributed by atoms with E-state index in [0.717, 1.165) is 21.1 Å². The zero-order valence-electron chi connectivity index (χ0n) is 11.0. The van der Waals surface area contributed by atoms with Gasteiger partial charge in [-0.2, -0.15) is 0 Å². The molecule has 2 rings (SSSR count). The smallest absolute Gasteiger partial charge is 0.193 e. The van der Waals surface area contributed by atoms with Crippen LogP contribution in [0, 0.1) is 3.57 Å². The van der Waals surface area contributed by atoms with E-state index in [4.69, 9.17) is 0 Å². The molecule has 0 amide bonds. The molecule has 0 aromatic heterocycles. The summed E-state index contributed by atoms with van der Waals surface area (Å²) >= 11 is 2.24. The van der Waals surface area contributed by atoms with E-state index in [1.165, 1.54) is 18.4 Å². The summed E-state index contributed by atoms with van der Waals surface area (Å²) < 4.78 is 1.14. The van der Waals surface area contributed by atoms with Crippen molar-refractivity contribution in [1.29, 1.82) is 0 Å². The summed E-state index contributed by atoms with van der Waals surface area (Å²) in [4.78, 5) is 12.3. The molecule has 0 atom stereocenters. The number of ketones is 1. The Morgan fingerprint density at radius 3 is 2.00 bits per heavy atom. The van der Waals surface area contributed by atoms with Crippen LogP contribution in [-0.4, -0.2) is 5.78 Å². The van der Waals surface area contributed by atoms with E-state index < -0.39 is 0 Å². The maximum Gasteiger partial charge on any atom is 0.193 e. The minimum atomic E-state index is 0.0958. The van der Waals surface area contributed by atoms with Gasteiger partial charge in [-0.25, -0.2) is 0 Å². The molecule has 98 valence electrons. The van der Waals surface area contributed by atoms with Crippen LogP contribution in [0.2, 0.25) is 0 Å². The van der Waals surface area contributed by atoms with Gasteiger partial charge >= 0.3 is 0 Å². The van der Waals surface area contributed by atoms with E-state index in [9.17, 15) is 4.79 Å². The van der Waals surface area contributed by atoms with Gasteiger partial charge in [0, 0.05) is 14.7 Å². The van der Waals surface area contributed by atoms with E-state index in [0.29, 0.717) is 0 Å². The standard InChI is InChI=1S/C17H17IO/c1-2-3-4-13-5-7-14(8-6-13)17(19)15-9-11-16(18)12-10-15/h5-12H,2-4H2,1H3. The van der Waals surface area contributed by atoms with Crippen molar-refractivity contribution in [2.75, 3.05) is 0 Å².